The number of methoxy groups -OCH3 is 1. The molecule has 0 radical (unpaired) electrons. The van der Waals surface area contributed by atoms with E-state index in [9.17, 15) is 5.26 Å². The second kappa shape index (κ2) is 11.1. The molecule has 2 N–H and O–H groups in total. The van der Waals surface area contributed by atoms with Crippen LogP contribution in [0.25, 0.3) is 11.3 Å². The van der Waals surface area contributed by atoms with E-state index < -0.39 is 0 Å². The van der Waals surface area contributed by atoms with Crippen LogP contribution in [0.3, 0.4) is 0 Å². The molecular weight excluding hydrogens is 432 g/mol. The van der Waals surface area contributed by atoms with Crippen LogP contribution in [-0.2, 0) is 6.54 Å². The van der Waals surface area contributed by atoms with Crippen LogP contribution < -0.4 is 10.5 Å². The number of aromatic nitrogens is 2. The highest BCUT2D eigenvalue weighted by molar-refractivity contribution is 7.99. The summed E-state index contributed by atoms with van der Waals surface area (Å²) in [6.07, 6.45) is 0. The maximum absolute atomic E-state index is 9.56. The summed E-state index contributed by atoms with van der Waals surface area (Å²) in [5, 5.41) is 10.2. The predicted octanol–water partition coefficient (Wildman–Crippen LogP) is 3.52. The van der Waals surface area contributed by atoms with E-state index in [-0.39, 0.29) is 5.82 Å². The minimum atomic E-state index is 0.218. The summed E-state index contributed by atoms with van der Waals surface area (Å²) in [6.45, 7) is 6.23. The molecule has 7 nitrogen and oxygen atoms in total. The van der Waals surface area contributed by atoms with E-state index in [2.05, 4.69) is 56.2 Å². The number of ether oxygens (including phenoxy) is 1. The molecule has 0 bridgehead atoms. The molecule has 33 heavy (non-hydrogen) atoms. The van der Waals surface area contributed by atoms with Crippen molar-refractivity contribution in [3.05, 3.63) is 65.7 Å². The second-order valence-electron chi connectivity index (χ2n) is 7.91. The normalized spacial score (nSPS) is 14.7. The van der Waals surface area contributed by atoms with Crippen molar-refractivity contribution in [3.63, 3.8) is 0 Å². The number of piperazine rings is 1. The van der Waals surface area contributed by atoms with Crippen LogP contribution in [-0.4, -0.2) is 65.4 Å². The molecule has 0 aliphatic carbocycles. The summed E-state index contributed by atoms with van der Waals surface area (Å²) in [6, 6.07) is 20.2. The maximum Gasteiger partial charge on any atom is 0.190 e. The first-order chi connectivity index (χ1) is 16.2. The molecule has 1 aliphatic rings. The predicted molar refractivity (Wildman–Crippen MR) is 132 cm³/mol. The first kappa shape index (κ1) is 23.1. The largest absolute Gasteiger partial charge is 0.497 e. The Labute approximate surface area is 199 Å². The maximum atomic E-state index is 9.56. The van der Waals surface area contributed by atoms with E-state index in [1.54, 1.807) is 18.9 Å². The fourth-order valence-electron chi connectivity index (χ4n) is 3.87. The number of nitrogens with zero attached hydrogens (tertiary/aromatic N) is 5. The second-order valence-corrected chi connectivity index (χ2v) is 8.97. The number of nitriles is 1. The highest BCUT2D eigenvalue weighted by atomic mass is 32.2. The van der Waals surface area contributed by atoms with Gasteiger partial charge >= 0.3 is 0 Å². The molecular formula is C25H28N6OS. The first-order valence-electron chi connectivity index (χ1n) is 11.0. The van der Waals surface area contributed by atoms with Gasteiger partial charge in [0.15, 0.2) is 5.16 Å². The van der Waals surface area contributed by atoms with Gasteiger partial charge in [0.2, 0.25) is 0 Å². The Morgan fingerprint density at radius 3 is 2.36 bits per heavy atom. The smallest absolute Gasteiger partial charge is 0.190 e. The number of nitrogens with two attached hydrogens (primary N) is 1. The van der Waals surface area contributed by atoms with Gasteiger partial charge in [0.25, 0.3) is 0 Å². The summed E-state index contributed by atoms with van der Waals surface area (Å²) in [7, 11) is 1.62. The minimum Gasteiger partial charge on any atom is -0.497 e. The molecule has 4 rings (SSSR count). The average molecular weight is 461 g/mol. The minimum absolute atomic E-state index is 0.218. The van der Waals surface area contributed by atoms with Crippen LogP contribution in [0, 0.1) is 11.3 Å². The Hall–Kier alpha value is -3.12. The lowest BCUT2D eigenvalue weighted by Gasteiger charge is -2.34. The standard InChI is InChI=1S/C25H28N6OS/c1-32-21-9-7-20(8-10-21)23-22(17-26)24(27)29-25(28-23)33-16-15-30-11-13-31(14-12-30)18-19-5-3-2-4-6-19/h2-10H,11-16,18H2,1H3,(H2,27,28,29). The number of nitrogen functional groups attached to an aromatic ring is 1. The molecule has 2 heterocycles. The van der Waals surface area contributed by atoms with Gasteiger partial charge in [-0.05, 0) is 29.8 Å². The van der Waals surface area contributed by atoms with Crippen molar-refractivity contribution >= 4 is 17.6 Å². The summed E-state index contributed by atoms with van der Waals surface area (Å²) in [5.41, 5.74) is 9.14. The van der Waals surface area contributed by atoms with E-state index in [0.717, 1.165) is 56.3 Å². The quantitative estimate of drug-likeness (QED) is 0.403. The molecule has 1 aromatic heterocycles. The van der Waals surface area contributed by atoms with Crippen LogP contribution in [0.1, 0.15) is 11.1 Å². The van der Waals surface area contributed by atoms with Crippen molar-refractivity contribution in [1.29, 1.82) is 5.26 Å². The van der Waals surface area contributed by atoms with Crippen molar-refractivity contribution in [2.75, 3.05) is 51.3 Å². The van der Waals surface area contributed by atoms with Crippen molar-refractivity contribution in [3.8, 4) is 23.1 Å². The third-order valence-corrected chi connectivity index (χ3v) is 6.57. The zero-order valence-electron chi connectivity index (χ0n) is 18.8. The van der Waals surface area contributed by atoms with Gasteiger partial charge < -0.3 is 10.5 Å². The van der Waals surface area contributed by atoms with Gasteiger partial charge in [-0.15, -0.1) is 0 Å². The highest BCUT2D eigenvalue weighted by Crippen LogP contribution is 2.28. The monoisotopic (exact) mass is 460 g/mol. The zero-order chi connectivity index (χ0) is 23.0. The fourth-order valence-corrected chi connectivity index (χ4v) is 4.72. The van der Waals surface area contributed by atoms with Gasteiger partial charge in [0, 0.05) is 50.6 Å². The van der Waals surface area contributed by atoms with Crippen molar-refractivity contribution in [1.82, 2.24) is 19.8 Å². The van der Waals surface area contributed by atoms with Gasteiger partial charge in [0.05, 0.1) is 12.8 Å². The third kappa shape index (κ3) is 6.02. The van der Waals surface area contributed by atoms with Crippen LogP contribution in [0.15, 0.2) is 59.8 Å². The molecule has 0 unspecified atom stereocenters. The summed E-state index contributed by atoms with van der Waals surface area (Å²) in [5.74, 6) is 1.83. The Morgan fingerprint density at radius 1 is 1.00 bits per heavy atom. The first-order valence-corrected chi connectivity index (χ1v) is 12.0. The molecule has 0 amide bonds. The fraction of sp³-hybridized carbons (Fsp3) is 0.320. The summed E-state index contributed by atoms with van der Waals surface area (Å²) in [4.78, 5) is 14.0. The molecule has 1 fully saturated rings. The van der Waals surface area contributed by atoms with Gasteiger partial charge in [-0.25, -0.2) is 9.97 Å². The Bertz CT molecular complexity index is 1090. The summed E-state index contributed by atoms with van der Waals surface area (Å²) >= 11 is 1.58. The Morgan fingerprint density at radius 2 is 1.70 bits per heavy atom. The Balaban J connectivity index is 1.32. The molecule has 0 atom stereocenters. The average Bonchev–Trinajstić information content (AvgIpc) is 2.85. The molecule has 3 aromatic rings. The van der Waals surface area contributed by atoms with Crippen LogP contribution in [0.2, 0.25) is 0 Å². The van der Waals surface area contributed by atoms with Gasteiger partial charge in [-0.1, -0.05) is 42.1 Å². The Kier molecular flexibility index (Phi) is 7.79. The molecule has 170 valence electrons. The molecule has 1 aliphatic heterocycles. The number of hydrogen-bond donors (Lipinski definition) is 1. The van der Waals surface area contributed by atoms with E-state index in [1.165, 1.54) is 5.56 Å². The topological polar surface area (TPSA) is 91.3 Å². The number of rotatable bonds is 8. The molecule has 1 saturated heterocycles. The van der Waals surface area contributed by atoms with E-state index >= 15 is 0 Å². The lowest BCUT2D eigenvalue weighted by molar-refractivity contribution is 0.133. The van der Waals surface area contributed by atoms with E-state index in [0.29, 0.717) is 16.4 Å². The molecule has 8 heteroatoms. The SMILES string of the molecule is COc1ccc(-c2nc(SCCN3CCN(Cc4ccccc4)CC3)nc(N)c2C#N)cc1. The van der Waals surface area contributed by atoms with Crippen molar-refractivity contribution in [2.24, 2.45) is 0 Å². The van der Waals surface area contributed by atoms with E-state index in [4.69, 9.17) is 10.5 Å². The van der Waals surface area contributed by atoms with Gasteiger partial charge in [0.1, 0.15) is 23.2 Å². The number of thioether (sulfide) groups is 1. The lowest BCUT2D eigenvalue weighted by Crippen LogP contribution is -2.46. The van der Waals surface area contributed by atoms with Gasteiger partial charge in [-0.3, -0.25) is 9.80 Å². The van der Waals surface area contributed by atoms with Crippen LogP contribution >= 0.6 is 11.8 Å². The zero-order valence-corrected chi connectivity index (χ0v) is 19.6. The number of hydrogen-bond acceptors (Lipinski definition) is 8. The molecule has 0 spiro atoms. The summed E-state index contributed by atoms with van der Waals surface area (Å²) < 4.78 is 5.22. The molecule has 0 saturated carbocycles. The third-order valence-electron chi connectivity index (χ3n) is 5.74. The van der Waals surface area contributed by atoms with Crippen molar-refractivity contribution in [2.45, 2.75) is 11.7 Å². The number of benzene rings is 2. The lowest BCUT2D eigenvalue weighted by atomic mass is 10.1. The van der Waals surface area contributed by atoms with E-state index in [1.807, 2.05) is 24.3 Å². The number of anilines is 1. The van der Waals surface area contributed by atoms with Crippen LogP contribution in [0.5, 0.6) is 5.75 Å². The highest BCUT2D eigenvalue weighted by Gasteiger charge is 2.18. The molecule has 2 aromatic carbocycles. The van der Waals surface area contributed by atoms with Crippen LogP contribution in [0.4, 0.5) is 5.82 Å². The van der Waals surface area contributed by atoms with Gasteiger partial charge in [-0.2, -0.15) is 5.26 Å². The van der Waals surface area contributed by atoms with Crippen molar-refractivity contribution < 1.29 is 4.74 Å².